The molecule has 3 heteroatoms. The Morgan fingerprint density at radius 3 is 1.97 bits per heavy atom. The normalized spacial score (nSPS) is 11.6. The number of para-hydroxylation sites is 3. The molecule has 2 aromatic heterocycles. The summed E-state index contributed by atoms with van der Waals surface area (Å²) in [6.07, 6.45) is 0. The van der Waals surface area contributed by atoms with Gasteiger partial charge in [-0.2, -0.15) is 0 Å². The first kappa shape index (κ1) is 18.1. The molecule has 0 unspecified atom stereocenters. The van der Waals surface area contributed by atoms with Crippen LogP contribution >= 0.6 is 0 Å². The van der Waals surface area contributed by atoms with Gasteiger partial charge >= 0.3 is 0 Å². The maximum atomic E-state index is 6.13. The lowest BCUT2D eigenvalue weighted by Crippen LogP contribution is -1.95. The zero-order valence-corrected chi connectivity index (χ0v) is 17.7. The van der Waals surface area contributed by atoms with Crippen LogP contribution in [0, 0.1) is 0 Å². The molecule has 0 N–H and O–H groups in total. The van der Waals surface area contributed by atoms with E-state index in [2.05, 4.69) is 48.5 Å². The molecule has 0 aliphatic rings. The number of nitrogens with zero attached hydrogens (tertiary/aromatic N) is 2. The molecule has 2 heterocycles. The molecule has 0 bridgehead atoms. The minimum absolute atomic E-state index is 0.881. The number of aromatic nitrogens is 2. The summed E-state index contributed by atoms with van der Waals surface area (Å²) in [7, 11) is 0. The number of fused-ring (bicyclic) bond motifs is 5. The topological polar surface area (TPSA) is 38.9 Å². The number of benzene rings is 5. The van der Waals surface area contributed by atoms with Gasteiger partial charge in [0.1, 0.15) is 11.2 Å². The highest BCUT2D eigenvalue weighted by molar-refractivity contribution is 6.10. The molecule has 0 fully saturated rings. The molecule has 7 rings (SSSR count). The lowest BCUT2D eigenvalue weighted by atomic mass is 9.99. The molecular formula is C30H18N2O. The molecule has 33 heavy (non-hydrogen) atoms. The van der Waals surface area contributed by atoms with E-state index in [1.165, 1.54) is 5.39 Å². The minimum Gasteiger partial charge on any atom is -0.456 e. The van der Waals surface area contributed by atoms with Crippen LogP contribution in [-0.2, 0) is 0 Å². The highest BCUT2D eigenvalue weighted by Crippen LogP contribution is 2.36. The van der Waals surface area contributed by atoms with Crippen molar-refractivity contribution in [3.8, 4) is 22.5 Å². The fourth-order valence-electron chi connectivity index (χ4n) is 4.61. The molecule has 0 amide bonds. The average Bonchev–Trinajstić information content (AvgIpc) is 3.24. The van der Waals surface area contributed by atoms with E-state index in [4.69, 9.17) is 14.4 Å². The van der Waals surface area contributed by atoms with Crippen LogP contribution in [0.3, 0.4) is 0 Å². The number of furan rings is 1. The van der Waals surface area contributed by atoms with Gasteiger partial charge in [-0.15, -0.1) is 0 Å². The number of hydrogen-bond donors (Lipinski definition) is 0. The third kappa shape index (κ3) is 2.90. The molecule has 3 nitrogen and oxygen atoms in total. The fraction of sp³-hybridized carbons (Fsp3) is 0. The van der Waals surface area contributed by atoms with E-state index in [1.54, 1.807) is 0 Å². The minimum atomic E-state index is 0.881. The Morgan fingerprint density at radius 1 is 0.455 bits per heavy atom. The van der Waals surface area contributed by atoms with Gasteiger partial charge in [-0.1, -0.05) is 72.8 Å². The number of rotatable bonds is 2. The summed E-state index contributed by atoms with van der Waals surface area (Å²) in [6, 6.07) is 37.3. The van der Waals surface area contributed by atoms with E-state index >= 15 is 0 Å². The molecule has 7 aromatic rings. The highest BCUT2D eigenvalue weighted by Gasteiger charge is 2.14. The van der Waals surface area contributed by atoms with Crippen LogP contribution in [0.2, 0.25) is 0 Å². The van der Waals surface area contributed by atoms with Crippen LogP contribution in [0.1, 0.15) is 0 Å². The van der Waals surface area contributed by atoms with Gasteiger partial charge in [0.25, 0.3) is 0 Å². The van der Waals surface area contributed by atoms with Crippen LogP contribution in [0.25, 0.3) is 66.3 Å². The third-order valence-corrected chi connectivity index (χ3v) is 6.23. The highest BCUT2D eigenvalue weighted by atomic mass is 16.3. The van der Waals surface area contributed by atoms with Crippen molar-refractivity contribution in [1.29, 1.82) is 0 Å². The first-order chi connectivity index (χ1) is 16.3. The van der Waals surface area contributed by atoms with Crippen LogP contribution in [-0.4, -0.2) is 9.97 Å². The Morgan fingerprint density at radius 2 is 1.15 bits per heavy atom. The predicted octanol–water partition coefficient (Wildman–Crippen LogP) is 8.02. The van der Waals surface area contributed by atoms with E-state index in [-0.39, 0.29) is 0 Å². The summed E-state index contributed by atoms with van der Waals surface area (Å²) in [5, 5.41) is 4.58. The zero-order chi connectivity index (χ0) is 21.8. The maximum absolute atomic E-state index is 6.13. The maximum Gasteiger partial charge on any atom is 0.136 e. The molecule has 0 aliphatic carbocycles. The molecule has 0 radical (unpaired) electrons. The zero-order valence-electron chi connectivity index (χ0n) is 17.7. The molecular weight excluding hydrogens is 404 g/mol. The van der Waals surface area contributed by atoms with Gasteiger partial charge in [0, 0.05) is 21.9 Å². The van der Waals surface area contributed by atoms with Crippen molar-refractivity contribution in [1.82, 2.24) is 9.97 Å². The van der Waals surface area contributed by atoms with Gasteiger partial charge in [-0.05, 0) is 47.2 Å². The first-order valence-corrected chi connectivity index (χ1v) is 11.0. The van der Waals surface area contributed by atoms with Crippen LogP contribution in [0.5, 0.6) is 0 Å². The average molecular weight is 422 g/mol. The molecule has 0 saturated carbocycles. The fourth-order valence-corrected chi connectivity index (χ4v) is 4.61. The van der Waals surface area contributed by atoms with E-state index < -0.39 is 0 Å². The van der Waals surface area contributed by atoms with E-state index in [0.29, 0.717) is 0 Å². The van der Waals surface area contributed by atoms with E-state index in [1.807, 2.05) is 60.7 Å². The summed E-state index contributed by atoms with van der Waals surface area (Å²) in [5.41, 5.74) is 7.45. The Balaban J connectivity index is 1.49. The van der Waals surface area contributed by atoms with Gasteiger partial charge in [-0.3, -0.25) is 0 Å². The van der Waals surface area contributed by atoms with Gasteiger partial charge in [0.15, 0.2) is 0 Å². The monoisotopic (exact) mass is 422 g/mol. The largest absolute Gasteiger partial charge is 0.456 e. The Hall–Kier alpha value is -4.50. The van der Waals surface area contributed by atoms with Crippen molar-refractivity contribution in [3.63, 3.8) is 0 Å². The molecule has 0 spiro atoms. The summed E-state index contributed by atoms with van der Waals surface area (Å²) in [5.74, 6) is 0. The smallest absolute Gasteiger partial charge is 0.136 e. The second-order valence-corrected chi connectivity index (χ2v) is 8.28. The second kappa shape index (κ2) is 7.01. The Bertz CT molecular complexity index is 1820. The van der Waals surface area contributed by atoms with Crippen molar-refractivity contribution >= 4 is 43.7 Å². The quantitative estimate of drug-likeness (QED) is 0.283. The lowest BCUT2D eigenvalue weighted by molar-refractivity contribution is 0.669. The Labute approximate surface area is 190 Å². The van der Waals surface area contributed by atoms with E-state index in [9.17, 15) is 0 Å². The standard InChI is InChI=1S/C30H18N2O/c1-2-8-19(9-3-1)29-30(32-26-12-6-5-11-25(26)31-29)21-15-14-20-17-24-23-10-4-7-13-27(23)33-28(24)18-22(20)16-21/h1-18H. The van der Waals surface area contributed by atoms with Crippen molar-refractivity contribution in [3.05, 3.63) is 109 Å². The Kier molecular flexibility index (Phi) is 3.84. The van der Waals surface area contributed by atoms with Gasteiger partial charge in [-0.25, -0.2) is 9.97 Å². The van der Waals surface area contributed by atoms with Gasteiger partial charge in [0.05, 0.1) is 22.4 Å². The molecule has 0 saturated heterocycles. The summed E-state index contributed by atoms with van der Waals surface area (Å²) >= 11 is 0. The van der Waals surface area contributed by atoms with Crippen LogP contribution in [0.15, 0.2) is 114 Å². The summed E-state index contributed by atoms with van der Waals surface area (Å²) in [6.45, 7) is 0. The van der Waals surface area contributed by atoms with Crippen molar-refractivity contribution < 1.29 is 4.42 Å². The van der Waals surface area contributed by atoms with Crippen LogP contribution in [0.4, 0.5) is 0 Å². The molecule has 0 aliphatic heterocycles. The molecule has 0 atom stereocenters. The summed E-state index contributed by atoms with van der Waals surface area (Å²) in [4.78, 5) is 10.0. The molecule has 154 valence electrons. The number of hydrogen-bond acceptors (Lipinski definition) is 3. The van der Waals surface area contributed by atoms with Crippen LogP contribution < -0.4 is 0 Å². The van der Waals surface area contributed by atoms with Crippen molar-refractivity contribution in [2.45, 2.75) is 0 Å². The first-order valence-electron chi connectivity index (χ1n) is 11.0. The SMILES string of the molecule is c1ccc(-c2nc3ccccc3nc2-c2ccc3cc4c(cc3c2)oc2ccccc24)cc1. The van der Waals surface area contributed by atoms with Crippen molar-refractivity contribution in [2.75, 3.05) is 0 Å². The predicted molar refractivity (Wildman–Crippen MR) is 135 cm³/mol. The second-order valence-electron chi connectivity index (χ2n) is 8.28. The third-order valence-electron chi connectivity index (χ3n) is 6.23. The summed E-state index contributed by atoms with van der Waals surface area (Å²) < 4.78 is 6.13. The molecule has 5 aromatic carbocycles. The van der Waals surface area contributed by atoms with Crippen molar-refractivity contribution in [2.24, 2.45) is 0 Å². The van der Waals surface area contributed by atoms with E-state index in [0.717, 1.165) is 60.9 Å². The van der Waals surface area contributed by atoms with Gasteiger partial charge in [0.2, 0.25) is 0 Å². The lowest BCUT2D eigenvalue weighted by Gasteiger charge is -2.11. The van der Waals surface area contributed by atoms with Gasteiger partial charge < -0.3 is 4.42 Å².